The van der Waals surface area contributed by atoms with Gasteiger partial charge in [-0.1, -0.05) is 20.3 Å². The number of aldehydes is 1. The molecule has 6 heteroatoms. The van der Waals surface area contributed by atoms with Crippen LogP contribution in [-0.2, 0) is 19.2 Å². The van der Waals surface area contributed by atoms with Gasteiger partial charge in [-0.3, -0.25) is 19.3 Å². The van der Waals surface area contributed by atoms with E-state index in [-0.39, 0.29) is 36.1 Å². The van der Waals surface area contributed by atoms with E-state index < -0.39 is 0 Å². The van der Waals surface area contributed by atoms with E-state index in [4.69, 9.17) is 0 Å². The second-order valence-electron chi connectivity index (χ2n) is 5.72. The zero-order valence-electron chi connectivity index (χ0n) is 12.8. The predicted molar refractivity (Wildman–Crippen MR) is 77.2 cm³/mol. The smallest absolute Gasteiger partial charge is 0.233 e. The zero-order chi connectivity index (χ0) is 15.8. The molecule has 1 N–H and O–H groups in total. The molecule has 1 atom stereocenters. The van der Waals surface area contributed by atoms with Crippen LogP contribution in [0, 0.1) is 11.8 Å². The Labute approximate surface area is 125 Å². The second kappa shape index (κ2) is 8.54. The lowest BCUT2D eigenvalue weighted by Crippen LogP contribution is -2.32. The molecule has 1 heterocycles. The van der Waals surface area contributed by atoms with Crippen LogP contribution in [0.25, 0.3) is 0 Å². The van der Waals surface area contributed by atoms with Gasteiger partial charge >= 0.3 is 0 Å². The Bertz CT molecular complexity index is 406. The average molecular weight is 296 g/mol. The number of rotatable bonds is 9. The Morgan fingerprint density at radius 2 is 2.05 bits per heavy atom. The Balaban J connectivity index is 2.21. The van der Waals surface area contributed by atoms with Gasteiger partial charge in [-0.15, -0.1) is 0 Å². The number of carbonyl (C=O) groups is 4. The number of unbranched alkanes of at least 4 members (excludes halogenated alkanes) is 2. The minimum Gasteiger partial charge on any atom is -0.349 e. The number of carbonyl (C=O) groups excluding carboxylic acids is 4. The summed E-state index contributed by atoms with van der Waals surface area (Å²) in [5.41, 5.74) is 0. The number of nitrogens with zero attached hydrogens (tertiary/aromatic N) is 1. The fourth-order valence-electron chi connectivity index (χ4n) is 2.44. The maximum absolute atomic E-state index is 12.1. The highest BCUT2D eigenvalue weighted by Crippen LogP contribution is 2.26. The molecule has 0 bridgehead atoms. The van der Waals surface area contributed by atoms with Gasteiger partial charge in [0, 0.05) is 25.3 Å². The first-order chi connectivity index (χ1) is 9.97. The number of nitrogens with one attached hydrogen (secondary N) is 1. The van der Waals surface area contributed by atoms with E-state index in [0.717, 1.165) is 6.42 Å². The maximum Gasteiger partial charge on any atom is 0.233 e. The third-order valence-electron chi connectivity index (χ3n) is 3.75. The monoisotopic (exact) mass is 296 g/mol. The molecule has 3 amide bonds. The molecule has 0 aliphatic carbocycles. The van der Waals surface area contributed by atoms with Gasteiger partial charge in [0.1, 0.15) is 6.29 Å². The lowest BCUT2D eigenvalue weighted by Gasteiger charge is -2.16. The first-order valence-electron chi connectivity index (χ1n) is 7.52. The first kappa shape index (κ1) is 17.3. The molecule has 1 aliphatic heterocycles. The summed E-state index contributed by atoms with van der Waals surface area (Å²) in [6, 6.07) is 0. The van der Waals surface area contributed by atoms with Crippen LogP contribution in [0.2, 0.25) is 0 Å². The molecule has 0 aromatic carbocycles. The lowest BCUT2D eigenvalue weighted by molar-refractivity contribution is -0.139. The van der Waals surface area contributed by atoms with Crippen LogP contribution in [0.4, 0.5) is 0 Å². The number of amides is 3. The van der Waals surface area contributed by atoms with Gasteiger partial charge in [0.05, 0.1) is 6.54 Å². The third kappa shape index (κ3) is 5.28. The van der Waals surface area contributed by atoms with Crippen molar-refractivity contribution in [2.75, 3.05) is 13.1 Å². The van der Waals surface area contributed by atoms with Crippen LogP contribution in [0.1, 0.15) is 46.0 Å². The molecule has 1 aliphatic rings. The van der Waals surface area contributed by atoms with Crippen LogP contribution in [0.5, 0.6) is 0 Å². The van der Waals surface area contributed by atoms with Crippen molar-refractivity contribution in [1.82, 2.24) is 10.2 Å². The molecule has 0 spiro atoms. The van der Waals surface area contributed by atoms with Crippen LogP contribution < -0.4 is 5.32 Å². The van der Waals surface area contributed by atoms with Crippen molar-refractivity contribution < 1.29 is 19.2 Å². The molecule has 118 valence electrons. The highest BCUT2D eigenvalue weighted by atomic mass is 16.2. The van der Waals surface area contributed by atoms with Crippen molar-refractivity contribution in [2.45, 2.75) is 46.0 Å². The number of hydrogen-bond acceptors (Lipinski definition) is 4. The van der Waals surface area contributed by atoms with Crippen molar-refractivity contribution in [1.29, 1.82) is 0 Å². The summed E-state index contributed by atoms with van der Waals surface area (Å²) in [6.07, 6.45) is 3.51. The quantitative estimate of drug-likeness (QED) is 0.389. The van der Waals surface area contributed by atoms with Crippen LogP contribution in [0.3, 0.4) is 0 Å². The first-order valence-corrected chi connectivity index (χ1v) is 7.52. The minimum absolute atomic E-state index is 0.0478. The molecule has 21 heavy (non-hydrogen) atoms. The van der Waals surface area contributed by atoms with E-state index in [1.54, 1.807) is 0 Å². The van der Waals surface area contributed by atoms with E-state index >= 15 is 0 Å². The van der Waals surface area contributed by atoms with E-state index in [2.05, 4.69) is 5.32 Å². The fraction of sp³-hybridized carbons (Fsp3) is 0.733. The summed E-state index contributed by atoms with van der Waals surface area (Å²) in [6.45, 7) is 4.40. The zero-order valence-corrected chi connectivity index (χ0v) is 12.8. The molecular formula is C15H24N2O4. The van der Waals surface area contributed by atoms with Gasteiger partial charge < -0.3 is 10.1 Å². The van der Waals surface area contributed by atoms with Crippen LogP contribution in [-0.4, -0.2) is 42.0 Å². The predicted octanol–water partition coefficient (Wildman–Crippen LogP) is 0.893. The molecule has 1 fully saturated rings. The molecule has 0 aromatic rings. The average Bonchev–Trinajstić information content (AvgIpc) is 2.72. The van der Waals surface area contributed by atoms with E-state index in [9.17, 15) is 19.2 Å². The minimum atomic E-state index is -0.174. The van der Waals surface area contributed by atoms with Crippen molar-refractivity contribution in [3.8, 4) is 0 Å². The molecule has 1 saturated heterocycles. The van der Waals surface area contributed by atoms with Gasteiger partial charge in [0.15, 0.2) is 0 Å². The SMILES string of the molecule is CC(C)C1CC(=O)N(CCCCCC(=O)NCC=O)C1=O. The number of likely N-dealkylation sites (tertiary alicyclic amines) is 1. The van der Waals surface area contributed by atoms with Crippen LogP contribution in [0.15, 0.2) is 0 Å². The Hall–Kier alpha value is -1.72. The Morgan fingerprint density at radius 3 is 2.62 bits per heavy atom. The molecule has 1 rings (SSSR count). The Morgan fingerprint density at radius 1 is 1.33 bits per heavy atom. The van der Waals surface area contributed by atoms with Crippen molar-refractivity contribution in [2.24, 2.45) is 11.8 Å². The summed E-state index contributed by atoms with van der Waals surface area (Å²) in [4.78, 5) is 46.6. The standard InChI is InChI=1S/C15H24N2O4/c1-11(2)12-10-14(20)17(15(12)21)8-5-3-4-6-13(19)16-7-9-18/h9,11-12H,3-8,10H2,1-2H3,(H,16,19). The van der Waals surface area contributed by atoms with E-state index in [1.807, 2.05) is 13.8 Å². The van der Waals surface area contributed by atoms with Gasteiger partial charge in [-0.05, 0) is 18.8 Å². The van der Waals surface area contributed by atoms with Gasteiger partial charge in [0.2, 0.25) is 17.7 Å². The summed E-state index contributed by atoms with van der Waals surface area (Å²) < 4.78 is 0. The van der Waals surface area contributed by atoms with Crippen molar-refractivity contribution >= 4 is 24.0 Å². The lowest BCUT2D eigenvalue weighted by atomic mass is 9.94. The molecule has 1 unspecified atom stereocenters. The van der Waals surface area contributed by atoms with Gasteiger partial charge in [-0.2, -0.15) is 0 Å². The number of hydrogen-bond donors (Lipinski definition) is 1. The van der Waals surface area contributed by atoms with Crippen molar-refractivity contribution in [3.05, 3.63) is 0 Å². The maximum atomic E-state index is 12.1. The summed E-state index contributed by atoms with van der Waals surface area (Å²) in [5.74, 6) is -0.268. The van der Waals surface area contributed by atoms with Gasteiger partial charge in [0.25, 0.3) is 0 Å². The highest BCUT2D eigenvalue weighted by molar-refractivity contribution is 6.03. The summed E-state index contributed by atoms with van der Waals surface area (Å²) in [7, 11) is 0. The normalized spacial score (nSPS) is 18.4. The summed E-state index contributed by atoms with van der Waals surface area (Å²) in [5, 5.41) is 2.47. The molecule has 6 nitrogen and oxygen atoms in total. The molecular weight excluding hydrogens is 272 g/mol. The molecule has 0 saturated carbocycles. The van der Waals surface area contributed by atoms with Crippen LogP contribution >= 0.6 is 0 Å². The summed E-state index contributed by atoms with van der Waals surface area (Å²) >= 11 is 0. The number of imide groups is 1. The molecule has 0 radical (unpaired) electrons. The Kier molecular flexibility index (Phi) is 7.05. The van der Waals surface area contributed by atoms with E-state index in [1.165, 1.54) is 4.90 Å². The topological polar surface area (TPSA) is 83.6 Å². The van der Waals surface area contributed by atoms with Gasteiger partial charge in [-0.25, -0.2) is 0 Å². The third-order valence-corrected chi connectivity index (χ3v) is 3.75. The van der Waals surface area contributed by atoms with E-state index in [0.29, 0.717) is 38.5 Å². The molecule has 0 aromatic heterocycles. The largest absolute Gasteiger partial charge is 0.349 e. The second-order valence-corrected chi connectivity index (χ2v) is 5.72. The highest BCUT2D eigenvalue weighted by Gasteiger charge is 2.39. The van der Waals surface area contributed by atoms with Crippen molar-refractivity contribution in [3.63, 3.8) is 0 Å². The fourth-order valence-corrected chi connectivity index (χ4v) is 2.44.